The number of aliphatic hydroxyl groups excluding tert-OH is 1. The maximum Gasteiger partial charge on any atom is 0.295 e. The molecule has 9 heteroatoms. The molecular weight excluding hydrogens is 417 g/mol. The standard InChI is InChI=1S/C23H24FN3O5/c1-3-25(4-2)13-14-26-20(15-7-11-18(12-8-15)27(31)32)19(22(29)23(26)30)21(28)16-5-9-17(24)10-6-16/h5-12,20,28H,3-4,13-14H2,1-2H3/b21-19-. The zero-order valence-electron chi connectivity index (χ0n) is 17.8. The number of carbonyl (C=O) groups is 2. The molecule has 3 rings (SSSR count). The van der Waals surface area contributed by atoms with Crippen LogP contribution in [0, 0.1) is 15.9 Å². The summed E-state index contributed by atoms with van der Waals surface area (Å²) in [4.78, 5) is 39.8. The van der Waals surface area contributed by atoms with Crippen LogP contribution in [0.3, 0.4) is 0 Å². The maximum atomic E-state index is 13.3. The zero-order valence-corrected chi connectivity index (χ0v) is 17.8. The second-order valence-electron chi connectivity index (χ2n) is 7.37. The van der Waals surface area contributed by atoms with Gasteiger partial charge in [-0.1, -0.05) is 13.8 Å². The molecule has 2 aromatic rings. The smallest absolute Gasteiger partial charge is 0.295 e. The molecule has 1 heterocycles. The SMILES string of the molecule is CCN(CC)CCN1C(=O)C(=O)/C(=C(\O)c2ccc(F)cc2)C1c1ccc([N+](=O)[O-])cc1. The van der Waals surface area contributed by atoms with E-state index in [1.165, 1.54) is 41.3 Å². The summed E-state index contributed by atoms with van der Waals surface area (Å²) in [6.07, 6.45) is 0. The first-order chi connectivity index (χ1) is 15.3. The molecule has 2 aromatic carbocycles. The van der Waals surface area contributed by atoms with E-state index in [9.17, 15) is 29.2 Å². The Morgan fingerprint density at radius 3 is 2.22 bits per heavy atom. The molecule has 1 fully saturated rings. The third-order valence-corrected chi connectivity index (χ3v) is 5.63. The van der Waals surface area contributed by atoms with Crippen LogP contribution in [0.25, 0.3) is 5.76 Å². The van der Waals surface area contributed by atoms with Crippen molar-refractivity contribution in [1.29, 1.82) is 0 Å². The van der Waals surface area contributed by atoms with Crippen LogP contribution in [0.4, 0.5) is 10.1 Å². The summed E-state index contributed by atoms with van der Waals surface area (Å²) in [6, 6.07) is 9.53. The van der Waals surface area contributed by atoms with E-state index in [2.05, 4.69) is 4.90 Å². The number of likely N-dealkylation sites (tertiary alicyclic amines) is 1. The average molecular weight is 441 g/mol. The first-order valence-electron chi connectivity index (χ1n) is 10.3. The van der Waals surface area contributed by atoms with Crippen molar-refractivity contribution in [3.8, 4) is 0 Å². The molecule has 1 unspecified atom stereocenters. The normalized spacial score (nSPS) is 17.9. The number of nitrogens with zero attached hydrogens (tertiary/aromatic N) is 3. The van der Waals surface area contributed by atoms with Gasteiger partial charge in [-0.05, 0) is 55.1 Å². The van der Waals surface area contributed by atoms with Gasteiger partial charge in [0.05, 0.1) is 16.5 Å². The largest absolute Gasteiger partial charge is 0.507 e. The van der Waals surface area contributed by atoms with E-state index in [-0.39, 0.29) is 23.4 Å². The number of aliphatic hydroxyl groups is 1. The second-order valence-corrected chi connectivity index (χ2v) is 7.37. The molecule has 1 aliphatic rings. The van der Waals surface area contributed by atoms with E-state index in [4.69, 9.17) is 0 Å². The van der Waals surface area contributed by atoms with Crippen molar-refractivity contribution in [2.75, 3.05) is 26.2 Å². The Hall–Kier alpha value is -3.59. The van der Waals surface area contributed by atoms with Crippen molar-refractivity contribution in [1.82, 2.24) is 9.80 Å². The number of benzene rings is 2. The highest BCUT2D eigenvalue weighted by Gasteiger charge is 2.46. The molecular formula is C23H24FN3O5. The highest BCUT2D eigenvalue weighted by atomic mass is 19.1. The molecule has 1 saturated heterocycles. The van der Waals surface area contributed by atoms with Gasteiger partial charge in [0.25, 0.3) is 17.4 Å². The number of ketones is 1. The number of hydrogen-bond acceptors (Lipinski definition) is 6. The van der Waals surface area contributed by atoms with Crippen LogP contribution in [0.2, 0.25) is 0 Å². The molecule has 1 aliphatic heterocycles. The minimum Gasteiger partial charge on any atom is -0.507 e. The number of rotatable bonds is 8. The molecule has 1 amide bonds. The number of Topliss-reactive ketones (excluding diaryl/α,β-unsaturated/α-hetero) is 1. The molecule has 1 N–H and O–H groups in total. The summed E-state index contributed by atoms with van der Waals surface area (Å²) >= 11 is 0. The summed E-state index contributed by atoms with van der Waals surface area (Å²) in [5, 5.41) is 21.9. The molecule has 1 atom stereocenters. The minimum atomic E-state index is -0.920. The van der Waals surface area contributed by atoms with Crippen molar-refractivity contribution < 1.29 is 24.0 Å². The Labute approximate surface area is 184 Å². The van der Waals surface area contributed by atoms with E-state index in [1.807, 2.05) is 13.8 Å². The van der Waals surface area contributed by atoms with Gasteiger partial charge in [-0.25, -0.2) is 4.39 Å². The summed E-state index contributed by atoms with van der Waals surface area (Å²) in [5.74, 6) is -2.54. The second kappa shape index (κ2) is 9.69. The molecule has 8 nitrogen and oxygen atoms in total. The van der Waals surface area contributed by atoms with Gasteiger partial charge < -0.3 is 14.9 Å². The average Bonchev–Trinajstić information content (AvgIpc) is 3.04. The maximum absolute atomic E-state index is 13.3. The van der Waals surface area contributed by atoms with Crippen LogP contribution >= 0.6 is 0 Å². The first-order valence-corrected chi connectivity index (χ1v) is 10.3. The van der Waals surface area contributed by atoms with Gasteiger partial charge in [0.15, 0.2) is 0 Å². The molecule has 0 bridgehead atoms. The van der Waals surface area contributed by atoms with Crippen molar-refractivity contribution in [3.05, 3.63) is 81.2 Å². The topological polar surface area (TPSA) is 104 Å². The minimum absolute atomic E-state index is 0.130. The van der Waals surface area contributed by atoms with Gasteiger partial charge in [-0.3, -0.25) is 19.7 Å². The zero-order chi connectivity index (χ0) is 23.4. The number of nitro benzene ring substituents is 1. The van der Waals surface area contributed by atoms with E-state index < -0.39 is 34.2 Å². The van der Waals surface area contributed by atoms with E-state index in [0.29, 0.717) is 12.1 Å². The van der Waals surface area contributed by atoms with Crippen LogP contribution in [0.5, 0.6) is 0 Å². The van der Waals surface area contributed by atoms with Gasteiger partial charge in [0.1, 0.15) is 11.6 Å². The van der Waals surface area contributed by atoms with Crippen LogP contribution in [0.15, 0.2) is 54.1 Å². The van der Waals surface area contributed by atoms with Gasteiger partial charge in [-0.2, -0.15) is 0 Å². The molecule has 0 aromatic heterocycles. The lowest BCUT2D eigenvalue weighted by atomic mass is 9.95. The quantitative estimate of drug-likeness (QED) is 0.221. The number of halogens is 1. The third kappa shape index (κ3) is 4.52. The molecule has 0 radical (unpaired) electrons. The van der Waals surface area contributed by atoms with Crippen molar-refractivity contribution in [2.45, 2.75) is 19.9 Å². The predicted octanol–water partition coefficient (Wildman–Crippen LogP) is 3.50. The fourth-order valence-electron chi connectivity index (χ4n) is 3.79. The van der Waals surface area contributed by atoms with Crippen LogP contribution in [-0.4, -0.2) is 57.7 Å². The third-order valence-electron chi connectivity index (χ3n) is 5.63. The molecule has 0 saturated carbocycles. The highest BCUT2D eigenvalue weighted by Crippen LogP contribution is 2.39. The number of non-ortho nitro benzene ring substituents is 1. The Morgan fingerprint density at radius 2 is 1.69 bits per heavy atom. The van der Waals surface area contributed by atoms with E-state index in [1.54, 1.807) is 0 Å². The van der Waals surface area contributed by atoms with Gasteiger partial charge in [0.2, 0.25) is 0 Å². The number of hydrogen-bond donors (Lipinski definition) is 1. The monoisotopic (exact) mass is 441 g/mol. The Morgan fingerprint density at radius 1 is 1.09 bits per heavy atom. The lowest BCUT2D eigenvalue weighted by Crippen LogP contribution is -2.38. The summed E-state index contributed by atoms with van der Waals surface area (Å²) in [5.41, 5.74) is 0.389. The van der Waals surface area contributed by atoms with E-state index >= 15 is 0 Å². The van der Waals surface area contributed by atoms with Crippen molar-refractivity contribution in [2.24, 2.45) is 0 Å². The fraction of sp³-hybridized carbons (Fsp3) is 0.304. The van der Waals surface area contributed by atoms with Crippen LogP contribution < -0.4 is 0 Å². The van der Waals surface area contributed by atoms with Gasteiger partial charge >= 0.3 is 0 Å². The van der Waals surface area contributed by atoms with E-state index in [0.717, 1.165) is 25.2 Å². The lowest BCUT2D eigenvalue weighted by molar-refractivity contribution is -0.384. The summed E-state index contributed by atoms with van der Waals surface area (Å²) < 4.78 is 13.3. The number of carbonyl (C=O) groups excluding carboxylic acids is 2. The highest BCUT2D eigenvalue weighted by molar-refractivity contribution is 6.46. The number of likely N-dealkylation sites (N-methyl/N-ethyl adjacent to an activating group) is 1. The van der Waals surface area contributed by atoms with Crippen molar-refractivity contribution >= 4 is 23.1 Å². The Kier molecular flexibility index (Phi) is 6.99. The van der Waals surface area contributed by atoms with Crippen LogP contribution in [-0.2, 0) is 9.59 Å². The summed E-state index contributed by atoms with van der Waals surface area (Å²) in [6.45, 7) is 6.24. The Bertz CT molecular complexity index is 1050. The molecule has 0 spiro atoms. The van der Waals surface area contributed by atoms with Gasteiger partial charge in [0, 0.05) is 30.8 Å². The van der Waals surface area contributed by atoms with Gasteiger partial charge in [-0.15, -0.1) is 0 Å². The summed E-state index contributed by atoms with van der Waals surface area (Å²) in [7, 11) is 0. The Balaban J connectivity index is 2.10. The number of nitro groups is 1. The van der Waals surface area contributed by atoms with Crippen molar-refractivity contribution in [3.63, 3.8) is 0 Å². The molecule has 32 heavy (non-hydrogen) atoms. The molecule has 0 aliphatic carbocycles. The number of amides is 1. The molecule has 168 valence electrons. The first kappa shape index (κ1) is 23.1. The predicted molar refractivity (Wildman–Crippen MR) is 116 cm³/mol. The lowest BCUT2D eigenvalue weighted by Gasteiger charge is -2.28. The van der Waals surface area contributed by atoms with Crippen LogP contribution in [0.1, 0.15) is 31.0 Å². The fourth-order valence-corrected chi connectivity index (χ4v) is 3.79.